The molecule has 0 spiro atoms. The molecule has 0 radical (unpaired) electrons. The molecule has 0 aliphatic rings. The molecule has 0 saturated carbocycles. The molecule has 7 rings (SSSR count). The van der Waals surface area contributed by atoms with Gasteiger partial charge < -0.3 is 43.4 Å². The number of carboxylic acids is 1. The van der Waals surface area contributed by atoms with Gasteiger partial charge in [-0.15, -0.1) is 0 Å². The van der Waals surface area contributed by atoms with Crippen molar-refractivity contribution in [3.05, 3.63) is 150 Å². The van der Waals surface area contributed by atoms with E-state index in [0.717, 1.165) is 11.1 Å². The highest BCUT2D eigenvalue weighted by Crippen LogP contribution is 2.44. The summed E-state index contributed by atoms with van der Waals surface area (Å²) in [5, 5.41) is 19.4. The quantitative estimate of drug-likeness (QED) is 0.0388. The van der Waals surface area contributed by atoms with E-state index in [4.69, 9.17) is 44.8 Å². The summed E-state index contributed by atoms with van der Waals surface area (Å²) in [6, 6.07) is 30.6. The molecule has 20 nitrogen and oxygen atoms in total. The van der Waals surface area contributed by atoms with Gasteiger partial charge in [0.25, 0.3) is 31.8 Å². The Morgan fingerprint density at radius 2 is 1.21 bits per heavy atom. The van der Waals surface area contributed by atoms with Crippen LogP contribution in [-0.2, 0) is 30.9 Å². The highest BCUT2D eigenvalue weighted by Gasteiger charge is 2.30. The van der Waals surface area contributed by atoms with Gasteiger partial charge in [0.2, 0.25) is 17.3 Å². The van der Waals surface area contributed by atoms with Crippen LogP contribution < -0.4 is 42.6 Å². The molecule has 5 aromatic carbocycles. The van der Waals surface area contributed by atoms with Gasteiger partial charge in [-0.1, -0.05) is 95.3 Å². The Bertz CT molecular complexity index is 3510. The third kappa shape index (κ3) is 14.0. The number of sulfonamides is 2. The molecule has 0 bridgehead atoms. The fraction of sp³-hybridized carbons (Fsp3) is 0.255. The van der Waals surface area contributed by atoms with Gasteiger partial charge in [-0.2, -0.15) is 15.0 Å². The van der Waals surface area contributed by atoms with Crippen LogP contribution in [0.15, 0.2) is 138 Å². The molecule has 0 fully saturated rings. The van der Waals surface area contributed by atoms with Crippen LogP contribution in [0.1, 0.15) is 62.8 Å². The molecule has 7 aromatic rings. The number of benzene rings is 5. The Balaban J connectivity index is 1.13. The molecular formula is C55H57ClN6O14S2. The van der Waals surface area contributed by atoms with E-state index in [2.05, 4.69) is 36.0 Å². The first-order chi connectivity index (χ1) is 37.0. The van der Waals surface area contributed by atoms with Crippen molar-refractivity contribution in [1.29, 1.82) is 0 Å². The van der Waals surface area contributed by atoms with Crippen molar-refractivity contribution in [3.63, 3.8) is 0 Å². The van der Waals surface area contributed by atoms with E-state index in [1.807, 2.05) is 34.6 Å². The molecule has 0 unspecified atom stereocenters. The van der Waals surface area contributed by atoms with Gasteiger partial charge in [0.15, 0.2) is 29.0 Å². The van der Waals surface area contributed by atoms with Crippen LogP contribution in [-0.4, -0.2) is 93.6 Å². The normalized spacial score (nSPS) is 11.8. The predicted molar refractivity (Wildman–Crippen MR) is 292 cm³/mol. The van der Waals surface area contributed by atoms with Crippen LogP contribution >= 0.6 is 11.6 Å². The number of anilines is 2. The first-order valence-corrected chi connectivity index (χ1v) is 27.3. The van der Waals surface area contributed by atoms with E-state index in [0.29, 0.717) is 23.5 Å². The summed E-state index contributed by atoms with van der Waals surface area (Å²) in [6.45, 7) is 13.0. The maximum absolute atomic E-state index is 14.1. The number of carboxylic acid groups (broad SMARTS) is 1. The molecule has 2 heterocycles. The second-order valence-corrected chi connectivity index (χ2v) is 22.5. The lowest BCUT2D eigenvalue weighted by Crippen LogP contribution is -2.21. The summed E-state index contributed by atoms with van der Waals surface area (Å²) in [7, 11) is -5.86. The number of nitrogens with zero attached hydrogens (tertiary/aromatic N) is 4. The standard InChI is InChI=1S/C55H57ClN6O14S2/c1-9-30-73-51-45(48(57-47(59-51)34-14-20-37(70-7)21-15-34)61-77(66,67)39-23-16-35(17-24-39)54(2,3)4)75-43-13-11-10-12-42(43)72-31-28-55(5,6)36-18-25-40(26-19-36)78(68,69)62-49-46(76-44-33-38(71-8)22-27-41(44)56)52(74-32-29-63)60-50(58-49)53(64)65/h9-27,33,63H,1,28-32H2,2-8H3,(H,64,65)(H,57,59,61)(H,58,60,62). The van der Waals surface area contributed by atoms with E-state index in [1.54, 1.807) is 78.9 Å². The lowest BCUT2D eigenvalue weighted by atomic mass is 9.82. The fourth-order valence-corrected chi connectivity index (χ4v) is 9.50. The van der Waals surface area contributed by atoms with Gasteiger partial charge >= 0.3 is 5.97 Å². The highest BCUT2D eigenvalue weighted by molar-refractivity contribution is 7.93. The summed E-state index contributed by atoms with van der Waals surface area (Å²) in [4.78, 5) is 29.0. The predicted octanol–water partition coefficient (Wildman–Crippen LogP) is 10.5. The number of ether oxygens (including phenoxy) is 7. The largest absolute Gasteiger partial charge is 0.497 e. The molecule has 0 saturated heterocycles. The van der Waals surface area contributed by atoms with Crippen LogP contribution in [0.4, 0.5) is 11.6 Å². The molecular weight excluding hydrogens is 1070 g/mol. The average Bonchev–Trinajstić information content (AvgIpc) is 3.52. The molecule has 0 aliphatic carbocycles. The molecule has 78 heavy (non-hydrogen) atoms. The van der Waals surface area contributed by atoms with Crippen LogP contribution in [0.25, 0.3) is 11.4 Å². The first-order valence-electron chi connectivity index (χ1n) is 23.9. The number of halogens is 1. The van der Waals surface area contributed by atoms with Gasteiger partial charge in [0, 0.05) is 11.6 Å². The van der Waals surface area contributed by atoms with E-state index >= 15 is 0 Å². The monoisotopic (exact) mass is 1120 g/mol. The number of hydrogen-bond donors (Lipinski definition) is 4. The zero-order valence-corrected chi connectivity index (χ0v) is 46.0. The Hall–Kier alpha value is -8.18. The Morgan fingerprint density at radius 3 is 1.77 bits per heavy atom. The van der Waals surface area contributed by atoms with Crippen molar-refractivity contribution in [1.82, 2.24) is 19.9 Å². The Kier molecular flexibility index (Phi) is 18.0. The second kappa shape index (κ2) is 24.4. The van der Waals surface area contributed by atoms with Crippen molar-refractivity contribution in [2.45, 2.75) is 61.7 Å². The highest BCUT2D eigenvalue weighted by atomic mass is 35.5. The van der Waals surface area contributed by atoms with Crippen LogP contribution in [0.2, 0.25) is 5.02 Å². The summed E-state index contributed by atoms with van der Waals surface area (Å²) < 4.78 is 102. The fourth-order valence-electron chi connectivity index (χ4n) is 7.34. The SMILES string of the molecule is C=CCOc1nc(-c2ccc(OC)cc2)nc(NS(=O)(=O)c2ccc(C(C)(C)C)cc2)c1Oc1ccccc1OCCC(C)(C)c1ccc(S(=O)(=O)Nc2nc(C(=O)O)nc(OCCO)c2Oc2cc(OC)ccc2Cl)cc1. The number of para-hydroxylation sites is 2. The van der Waals surface area contributed by atoms with Gasteiger partial charge in [0.1, 0.15) is 30.5 Å². The summed E-state index contributed by atoms with van der Waals surface area (Å²) in [5.41, 5.74) is 1.33. The molecule has 0 atom stereocenters. The summed E-state index contributed by atoms with van der Waals surface area (Å²) in [6.07, 6.45) is 1.89. The number of aliphatic hydroxyl groups is 1. The van der Waals surface area contributed by atoms with E-state index in [-0.39, 0.29) is 80.6 Å². The van der Waals surface area contributed by atoms with Gasteiger partial charge in [-0.05, 0) is 101 Å². The van der Waals surface area contributed by atoms with Crippen molar-refractivity contribution in [2.24, 2.45) is 0 Å². The van der Waals surface area contributed by atoms with Crippen LogP contribution in [0, 0.1) is 0 Å². The number of hydrogen-bond acceptors (Lipinski definition) is 17. The minimum Gasteiger partial charge on any atom is -0.497 e. The van der Waals surface area contributed by atoms with Crippen LogP contribution in [0.3, 0.4) is 0 Å². The number of rotatable bonds is 25. The average molecular weight is 1130 g/mol. The molecule has 23 heteroatoms. The van der Waals surface area contributed by atoms with E-state index in [9.17, 15) is 31.8 Å². The third-order valence-electron chi connectivity index (χ3n) is 11.7. The number of methoxy groups -OCH3 is 2. The number of carbonyl (C=O) groups is 1. The van der Waals surface area contributed by atoms with Gasteiger partial charge in [-0.25, -0.2) is 26.6 Å². The maximum atomic E-state index is 14.1. The zero-order valence-electron chi connectivity index (χ0n) is 43.6. The summed E-state index contributed by atoms with van der Waals surface area (Å²) >= 11 is 6.39. The Morgan fingerprint density at radius 1 is 0.654 bits per heavy atom. The second-order valence-electron chi connectivity index (χ2n) is 18.7. The van der Waals surface area contributed by atoms with Crippen molar-refractivity contribution < 1.29 is 65.0 Å². The molecule has 4 N–H and O–H groups in total. The lowest BCUT2D eigenvalue weighted by molar-refractivity contribution is 0.0681. The first kappa shape index (κ1) is 57.5. The third-order valence-corrected chi connectivity index (χ3v) is 14.7. The molecule has 0 amide bonds. The number of aromatic carboxylic acids is 1. The number of aromatic nitrogens is 4. The van der Waals surface area contributed by atoms with Crippen molar-refractivity contribution in [2.75, 3.05) is 50.1 Å². The van der Waals surface area contributed by atoms with Crippen LogP contribution in [0.5, 0.6) is 52.0 Å². The lowest BCUT2D eigenvalue weighted by Gasteiger charge is -2.26. The maximum Gasteiger partial charge on any atom is 0.374 e. The molecule has 410 valence electrons. The smallest absolute Gasteiger partial charge is 0.374 e. The number of aliphatic hydroxyl groups excluding tert-OH is 1. The topological polar surface area (TPSA) is 266 Å². The summed E-state index contributed by atoms with van der Waals surface area (Å²) in [5.74, 6) is -3.03. The Labute approximate surface area is 457 Å². The van der Waals surface area contributed by atoms with E-state index in [1.165, 1.54) is 56.7 Å². The van der Waals surface area contributed by atoms with Gasteiger partial charge in [-0.3, -0.25) is 9.44 Å². The molecule has 2 aromatic heterocycles. The van der Waals surface area contributed by atoms with Gasteiger partial charge in [0.05, 0.1) is 42.2 Å². The van der Waals surface area contributed by atoms with E-state index < -0.39 is 61.3 Å². The zero-order chi connectivity index (χ0) is 56.4. The minimum atomic E-state index is -4.52. The van der Waals surface area contributed by atoms with Crippen molar-refractivity contribution in [3.8, 4) is 63.4 Å². The van der Waals surface area contributed by atoms with Crippen molar-refractivity contribution >= 4 is 49.3 Å². The molecule has 0 aliphatic heterocycles. The minimum absolute atomic E-state index is 0.0200. The number of nitrogens with one attached hydrogen (secondary N) is 2.